The Bertz CT molecular complexity index is 858. The highest BCUT2D eigenvalue weighted by molar-refractivity contribution is 7.80. The number of thiocarbonyl (C=S) groups is 1. The standard InChI is InChI=1S/C16H14FN5O4S/c17-11-3-1-10(2-4-11)15(24)18-9-14(23)20-21-16(27)19-12-5-7-13(8-6-12)22(25)26/h1-8H,9H2,(H,18,24)(H,20,23)(H2,19,21,27). The second-order valence-electron chi connectivity index (χ2n) is 5.12. The minimum atomic E-state index is -0.571. The molecule has 140 valence electrons. The van der Waals surface area contributed by atoms with E-state index >= 15 is 0 Å². The van der Waals surface area contributed by atoms with Gasteiger partial charge in [0.2, 0.25) is 0 Å². The lowest BCUT2D eigenvalue weighted by Gasteiger charge is -2.12. The molecule has 9 nitrogen and oxygen atoms in total. The van der Waals surface area contributed by atoms with Gasteiger partial charge in [0.15, 0.2) is 5.11 Å². The lowest BCUT2D eigenvalue weighted by molar-refractivity contribution is -0.384. The number of nitrogens with one attached hydrogen (secondary N) is 4. The molecule has 0 atom stereocenters. The zero-order valence-electron chi connectivity index (χ0n) is 13.7. The number of hydrazine groups is 1. The highest BCUT2D eigenvalue weighted by atomic mass is 32.1. The first kappa shape index (κ1) is 19.7. The predicted molar refractivity (Wildman–Crippen MR) is 99.3 cm³/mol. The number of nitro groups is 1. The van der Waals surface area contributed by atoms with Crippen molar-refractivity contribution in [1.29, 1.82) is 0 Å². The van der Waals surface area contributed by atoms with E-state index in [0.29, 0.717) is 5.69 Å². The fourth-order valence-electron chi connectivity index (χ4n) is 1.86. The normalized spacial score (nSPS) is 9.81. The van der Waals surface area contributed by atoms with Crippen LogP contribution in [0.3, 0.4) is 0 Å². The summed E-state index contributed by atoms with van der Waals surface area (Å²) in [6.07, 6.45) is 0. The first-order chi connectivity index (χ1) is 12.8. The van der Waals surface area contributed by atoms with Gasteiger partial charge in [0.1, 0.15) is 5.82 Å². The fraction of sp³-hybridized carbons (Fsp3) is 0.0625. The molecule has 0 bridgehead atoms. The van der Waals surface area contributed by atoms with E-state index in [2.05, 4.69) is 21.5 Å². The largest absolute Gasteiger partial charge is 0.343 e. The topological polar surface area (TPSA) is 125 Å². The van der Waals surface area contributed by atoms with Gasteiger partial charge >= 0.3 is 0 Å². The number of carbonyl (C=O) groups excluding carboxylic acids is 2. The highest BCUT2D eigenvalue weighted by Crippen LogP contribution is 2.15. The molecule has 0 aromatic heterocycles. The third-order valence-electron chi connectivity index (χ3n) is 3.17. The second-order valence-corrected chi connectivity index (χ2v) is 5.53. The minimum Gasteiger partial charge on any atom is -0.343 e. The molecule has 0 aliphatic carbocycles. The number of rotatable bonds is 5. The van der Waals surface area contributed by atoms with E-state index in [1.165, 1.54) is 36.4 Å². The van der Waals surface area contributed by atoms with E-state index in [1.807, 2.05) is 0 Å². The quantitative estimate of drug-likeness (QED) is 0.346. The number of hydrogen-bond donors (Lipinski definition) is 4. The van der Waals surface area contributed by atoms with Crippen molar-refractivity contribution in [3.63, 3.8) is 0 Å². The molecule has 0 heterocycles. The summed E-state index contributed by atoms with van der Waals surface area (Å²) in [6.45, 7) is -0.330. The summed E-state index contributed by atoms with van der Waals surface area (Å²) >= 11 is 4.97. The zero-order valence-corrected chi connectivity index (χ0v) is 14.5. The van der Waals surface area contributed by atoms with Crippen LogP contribution in [0.25, 0.3) is 0 Å². The smallest absolute Gasteiger partial charge is 0.269 e. The van der Waals surface area contributed by atoms with Crippen molar-refractivity contribution >= 4 is 40.5 Å². The molecular weight excluding hydrogens is 377 g/mol. The summed E-state index contributed by atoms with van der Waals surface area (Å²) in [6, 6.07) is 10.4. The molecule has 0 fully saturated rings. The Morgan fingerprint density at radius 3 is 2.26 bits per heavy atom. The number of halogens is 1. The van der Waals surface area contributed by atoms with Crippen LogP contribution in [0.1, 0.15) is 10.4 Å². The van der Waals surface area contributed by atoms with Crippen LogP contribution in [0.2, 0.25) is 0 Å². The summed E-state index contributed by atoms with van der Waals surface area (Å²) in [4.78, 5) is 33.5. The van der Waals surface area contributed by atoms with Crippen molar-refractivity contribution in [3.8, 4) is 0 Å². The molecule has 11 heteroatoms. The third kappa shape index (κ3) is 6.32. The first-order valence-corrected chi connectivity index (χ1v) is 7.90. The highest BCUT2D eigenvalue weighted by Gasteiger charge is 2.09. The number of anilines is 1. The molecule has 0 unspecified atom stereocenters. The maximum absolute atomic E-state index is 12.8. The summed E-state index contributed by atoms with van der Waals surface area (Å²) < 4.78 is 12.8. The van der Waals surface area contributed by atoms with Crippen molar-refractivity contribution < 1.29 is 18.9 Å². The van der Waals surface area contributed by atoms with Crippen LogP contribution < -0.4 is 21.5 Å². The van der Waals surface area contributed by atoms with Crippen molar-refractivity contribution in [3.05, 3.63) is 70.0 Å². The van der Waals surface area contributed by atoms with Crippen LogP contribution in [0.4, 0.5) is 15.8 Å². The van der Waals surface area contributed by atoms with Crippen molar-refractivity contribution in [2.45, 2.75) is 0 Å². The Morgan fingerprint density at radius 1 is 1.04 bits per heavy atom. The molecule has 0 saturated heterocycles. The molecule has 27 heavy (non-hydrogen) atoms. The Morgan fingerprint density at radius 2 is 1.67 bits per heavy atom. The van der Waals surface area contributed by atoms with Crippen molar-refractivity contribution in [2.75, 3.05) is 11.9 Å². The van der Waals surface area contributed by atoms with E-state index in [4.69, 9.17) is 12.2 Å². The van der Waals surface area contributed by atoms with Crippen LogP contribution in [0, 0.1) is 15.9 Å². The van der Waals surface area contributed by atoms with E-state index in [-0.39, 0.29) is 22.9 Å². The summed E-state index contributed by atoms with van der Waals surface area (Å²) in [5.41, 5.74) is 5.33. The molecular formula is C16H14FN5O4S. The number of nitrogens with zero attached hydrogens (tertiary/aromatic N) is 1. The summed E-state index contributed by atoms with van der Waals surface area (Å²) in [7, 11) is 0. The number of benzene rings is 2. The zero-order chi connectivity index (χ0) is 19.8. The number of carbonyl (C=O) groups is 2. The fourth-order valence-corrected chi connectivity index (χ4v) is 2.03. The van der Waals surface area contributed by atoms with Gasteiger partial charge in [0, 0.05) is 23.4 Å². The Labute approximate surface area is 158 Å². The monoisotopic (exact) mass is 391 g/mol. The van der Waals surface area contributed by atoms with Gasteiger partial charge in [0.25, 0.3) is 17.5 Å². The van der Waals surface area contributed by atoms with E-state index in [1.54, 1.807) is 0 Å². The molecule has 2 amide bonds. The Kier molecular flexibility index (Phi) is 6.72. The SMILES string of the molecule is O=C(CNC(=O)c1ccc(F)cc1)NNC(=S)Nc1ccc([N+](=O)[O-])cc1. The van der Waals surface area contributed by atoms with Gasteiger partial charge in [-0.25, -0.2) is 4.39 Å². The van der Waals surface area contributed by atoms with E-state index < -0.39 is 22.6 Å². The molecule has 0 aliphatic heterocycles. The second kappa shape index (κ2) is 9.20. The van der Waals surface area contributed by atoms with Crippen LogP contribution in [0.15, 0.2) is 48.5 Å². The van der Waals surface area contributed by atoms with Crippen LogP contribution in [-0.4, -0.2) is 28.4 Å². The summed E-state index contributed by atoms with van der Waals surface area (Å²) in [5, 5.41) is 15.7. The lowest BCUT2D eigenvalue weighted by Crippen LogP contribution is -2.47. The van der Waals surface area contributed by atoms with Gasteiger partial charge in [-0.1, -0.05) is 0 Å². The number of amides is 2. The average Bonchev–Trinajstić information content (AvgIpc) is 2.65. The lowest BCUT2D eigenvalue weighted by atomic mass is 10.2. The molecule has 2 rings (SSSR count). The van der Waals surface area contributed by atoms with Gasteiger partial charge < -0.3 is 10.6 Å². The van der Waals surface area contributed by atoms with Crippen LogP contribution in [0.5, 0.6) is 0 Å². The van der Waals surface area contributed by atoms with Crippen LogP contribution in [-0.2, 0) is 4.79 Å². The van der Waals surface area contributed by atoms with Gasteiger partial charge in [-0.05, 0) is 48.6 Å². The first-order valence-electron chi connectivity index (χ1n) is 7.49. The number of hydrogen-bond acceptors (Lipinski definition) is 5. The molecule has 4 N–H and O–H groups in total. The Hall–Kier alpha value is -3.60. The van der Waals surface area contributed by atoms with Crippen LogP contribution >= 0.6 is 12.2 Å². The molecule has 0 saturated carbocycles. The van der Waals surface area contributed by atoms with E-state index in [9.17, 15) is 24.1 Å². The average molecular weight is 391 g/mol. The van der Waals surface area contributed by atoms with E-state index in [0.717, 1.165) is 12.1 Å². The van der Waals surface area contributed by atoms with Crippen molar-refractivity contribution in [2.24, 2.45) is 0 Å². The Balaban J connectivity index is 1.72. The summed E-state index contributed by atoms with van der Waals surface area (Å²) in [5.74, 6) is -1.57. The number of non-ortho nitro benzene ring substituents is 1. The van der Waals surface area contributed by atoms with Gasteiger partial charge in [0.05, 0.1) is 11.5 Å². The van der Waals surface area contributed by atoms with Crippen molar-refractivity contribution in [1.82, 2.24) is 16.2 Å². The molecule has 0 aliphatic rings. The maximum Gasteiger partial charge on any atom is 0.269 e. The van der Waals surface area contributed by atoms with Gasteiger partial charge in [-0.15, -0.1) is 0 Å². The predicted octanol–water partition coefficient (Wildman–Crippen LogP) is 1.48. The molecule has 2 aromatic carbocycles. The molecule has 2 aromatic rings. The minimum absolute atomic E-state index is 0.0436. The maximum atomic E-state index is 12.8. The third-order valence-corrected chi connectivity index (χ3v) is 3.37. The molecule has 0 spiro atoms. The molecule has 0 radical (unpaired) electrons. The number of nitro benzene ring substituents is 1. The van der Waals surface area contributed by atoms with Gasteiger partial charge in [-0.2, -0.15) is 0 Å². The van der Waals surface area contributed by atoms with Gasteiger partial charge in [-0.3, -0.25) is 30.6 Å².